The molecular weight excluding hydrogens is 428 g/mol. The Balaban J connectivity index is 2.08. The summed E-state index contributed by atoms with van der Waals surface area (Å²) in [5.41, 5.74) is 12.6. The van der Waals surface area contributed by atoms with Crippen LogP contribution in [0.4, 0.5) is 17.5 Å². The number of nitrogens with zero attached hydrogens (tertiary/aromatic N) is 6. The zero-order valence-electron chi connectivity index (χ0n) is 18.3. The highest BCUT2D eigenvalue weighted by atomic mass is 32.2. The monoisotopic (exact) mass is 454 g/mol. The van der Waals surface area contributed by atoms with E-state index < -0.39 is 11.9 Å². The first-order chi connectivity index (χ1) is 15.3. The van der Waals surface area contributed by atoms with Crippen molar-refractivity contribution < 1.29 is 9.59 Å². The summed E-state index contributed by atoms with van der Waals surface area (Å²) >= 11 is 1.25. The number of hydrogen-bond donors (Lipinski definition) is 2. The molecule has 10 nitrogen and oxygen atoms in total. The molecule has 1 aliphatic heterocycles. The molecule has 1 atom stereocenters. The van der Waals surface area contributed by atoms with Gasteiger partial charge in [0.2, 0.25) is 11.9 Å². The van der Waals surface area contributed by atoms with Gasteiger partial charge in [-0.2, -0.15) is 10.2 Å². The number of amides is 2. The van der Waals surface area contributed by atoms with E-state index >= 15 is 0 Å². The molecule has 0 aliphatic carbocycles. The zero-order valence-corrected chi connectivity index (χ0v) is 19.1. The molecule has 4 N–H and O–H groups in total. The molecule has 2 aromatic rings. The van der Waals surface area contributed by atoms with Gasteiger partial charge in [0.15, 0.2) is 5.82 Å². The van der Waals surface area contributed by atoms with Gasteiger partial charge in [0.1, 0.15) is 22.7 Å². The SMILES string of the molecule is CSc1nc(N)nc(N(c2cccc(C(=O)N3CCN(C)CC3)c2)[C@@H](C)C(N)=O)c1C#N. The predicted molar refractivity (Wildman–Crippen MR) is 124 cm³/mol. The summed E-state index contributed by atoms with van der Waals surface area (Å²) in [5.74, 6) is -0.582. The Bertz CT molecular complexity index is 1060. The molecule has 2 amide bonds. The maximum atomic E-state index is 13.1. The minimum Gasteiger partial charge on any atom is -0.368 e. The summed E-state index contributed by atoms with van der Waals surface area (Å²) in [6, 6.07) is 8.11. The Morgan fingerprint density at radius 1 is 1.25 bits per heavy atom. The second-order valence-corrected chi connectivity index (χ2v) is 8.29. The number of aromatic nitrogens is 2. The molecule has 11 heteroatoms. The highest BCUT2D eigenvalue weighted by molar-refractivity contribution is 7.98. The fourth-order valence-corrected chi connectivity index (χ4v) is 4.03. The van der Waals surface area contributed by atoms with Gasteiger partial charge in [-0.15, -0.1) is 11.8 Å². The van der Waals surface area contributed by atoms with Crippen LogP contribution >= 0.6 is 11.8 Å². The van der Waals surface area contributed by atoms with E-state index in [9.17, 15) is 14.9 Å². The third kappa shape index (κ3) is 4.76. The molecule has 168 valence electrons. The van der Waals surface area contributed by atoms with Gasteiger partial charge in [0.25, 0.3) is 5.91 Å². The van der Waals surface area contributed by atoms with Crippen LogP contribution in [0.3, 0.4) is 0 Å². The van der Waals surface area contributed by atoms with Crippen LogP contribution in [0.2, 0.25) is 0 Å². The number of nitriles is 1. The molecule has 2 heterocycles. The average Bonchev–Trinajstić information content (AvgIpc) is 2.79. The van der Waals surface area contributed by atoms with E-state index in [4.69, 9.17) is 11.5 Å². The molecule has 1 fully saturated rings. The van der Waals surface area contributed by atoms with Crippen molar-refractivity contribution in [3.8, 4) is 6.07 Å². The van der Waals surface area contributed by atoms with Gasteiger partial charge in [-0.25, -0.2) is 4.98 Å². The maximum Gasteiger partial charge on any atom is 0.254 e. The van der Waals surface area contributed by atoms with Crippen LogP contribution in [0, 0.1) is 11.3 Å². The van der Waals surface area contributed by atoms with Gasteiger partial charge in [-0.05, 0) is 38.4 Å². The topological polar surface area (TPSA) is 145 Å². The van der Waals surface area contributed by atoms with Crippen molar-refractivity contribution in [3.05, 3.63) is 35.4 Å². The van der Waals surface area contributed by atoms with E-state index in [-0.39, 0.29) is 23.2 Å². The van der Waals surface area contributed by atoms with Crippen LogP contribution in [0.5, 0.6) is 0 Å². The number of thioether (sulfide) groups is 1. The summed E-state index contributed by atoms with van der Waals surface area (Å²) in [5, 5.41) is 10.2. The Hall–Kier alpha value is -3.36. The van der Waals surface area contributed by atoms with Crippen LogP contribution < -0.4 is 16.4 Å². The Morgan fingerprint density at radius 3 is 2.53 bits per heavy atom. The molecule has 1 aromatic heterocycles. The Kier molecular flexibility index (Phi) is 7.17. The zero-order chi connectivity index (χ0) is 23.4. The van der Waals surface area contributed by atoms with Crippen molar-refractivity contribution in [2.45, 2.75) is 18.0 Å². The fraction of sp³-hybridized carbons (Fsp3) is 0.381. The molecular formula is C21H26N8O2S. The van der Waals surface area contributed by atoms with Gasteiger partial charge in [-0.3, -0.25) is 9.59 Å². The van der Waals surface area contributed by atoms with Crippen molar-refractivity contribution in [2.24, 2.45) is 5.73 Å². The molecule has 0 radical (unpaired) electrons. The number of rotatable bonds is 6. The van der Waals surface area contributed by atoms with Gasteiger partial charge in [0.05, 0.1) is 0 Å². The molecule has 1 saturated heterocycles. The second-order valence-electron chi connectivity index (χ2n) is 7.50. The summed E-state index contributed by atoms with van der Waals surface area (Å²) in [7, 11) is 2.02. The molecule has 0 unspecified atom stereocenters. The van der Waals surface area contributed by atoms with Gasteiger partial charge < -0.3 is 26.2 Å². The molecule has 1 aliphatic rings. The van der Waals surface area contributed by atoms with Crippen molar-refractivity contribution in [1.29, 1.82) is 5.26 Å². The predicted octanol–water partition coefficient (Wildman–Crippen LogP) is 1.05. The quantitative estimate of drug-likeness (QED) is 0.483. The van der Waals surface area contributed by atoms with Crippen molar-refractivity contribution in [3.63, 3.8) is 0 Å². The molecule has 1 aromatic carbocycles. The van der Waals surface area contributed by atoms with Crippen LogP contribution in [-0.2, 0) is 4.79 Å². The largest absolute Gasteiger partial charge is 0.368 e. The number of nitrogen functional groups attached to an aromatic ring is 1. The van der Waals surface area contributed by atoms with E-state index in [0.29, 0.717) is 29.4 Å². The summed E-state index contributed by atoms with van der Waals surface area (Å²) in [4.78, 5) is 39.1. The maximum absolute atomic E-state index is 13.1. The lowest BCUT2D eigenvalue weighted by atomic mass is 10.1. The van der Waals surface area contributed by atoms with Crippen molar-refractivity contribution >= 4 is 41.0 Å². The first kappa shape index (κ1) is 23.3. The van der Waals surface area contributed by atoms with E-state index in [2.05, 4.69) is 20.9 Å². The van der Waals surface area contributed by atoms with E-state index in [1.807, 2.05) is 7.05 Å². The van der Waals surface area contributed by atoms with Gasteiger partial charge in [-0.1, -0.05) is 6.07 Å². The van der Waals surface area contributed by atoms with Crippen LogP contribution in [0.25, 0.3) is 0 Å². The third-order valence-electron chi connectivity index (χ3n) is 5.37. The summed E-state index contributed by atoms with van der Waals surface area (Å²) in [6.07, 6.45) is 1.77. The molecule has 0 bridgehead atoms. The highest BCUT2D eigenvalue weighted by Crippen LogP contribution is 2.34. The first-order valence-corrected chi connectivity index (χ1v) is 11.3. The number of hydrogen-bond acceptors (Lipinski definition) is 9. The third-order valence-corrected chi connectivity index (χ3v) is 6.05. The van der Waals surface area contributed by atoms with Crippen molar-refractivity contribution in [2.75, 3.05) is 50.1 Å². The van der Waals surface area contributed by atoms with Crippen LogP contribution in [0.15, 0.2) is 29.3 Å². The Morgan fingerprint density at radius 2 is 1.94 bits per heavy atom. The number of nitrogens with two attached hydrogens (primary N) is 2. The lowest BCUT2D eigenvalue weighted by Crippen LogP contribution is -2.47. The van der Waals surface area contributed by atoms with Crippen LogP contribution in [-0.4, -0.2) is 77.1 Å². The van der Waals surface area contributed by atoms with Gasteiger partial charge >= 0.3 is 0 Å². The van der Waals surface area contributed by atoms with E-state index in [1.54, 1.807) is 42.3 Å². The number of likely N-dealkylation sites (N-methyl/N-ethyl adjacent to an activating group) is 1. The smallest absolute Gasteiger partial charge is 0.254 e. The lowest BCUT2D eigenvalue weighted by molar-refractivity contribution is -0.118. The van der Waals surface area contributed by atoms with E-state index in [0.717, 1.165) is 13.1 Å². The molecule has 0 spiro atoms. The number of anilines is 3. The number of piperazine rings is 1. The molecule has 3 rings (SSSR count). The first-order valence-electron chi connectivity index (χ1n) is 10.0. The molecule has 0 saturated carbocycles. The van der Waals surface area contributed by atoms with Gasteiger partial charge in [0, 0.05) is 37.4 Å². The summed E-state index contributed by atoms with van der Waals surface area (Å²) in [6.45, 7) is 4.49. The summed E-state index contributed by atoms with van der Waals surface area (Å²) < 4.78 is 0. The number of carbonyl (C=O) groups is 2. The molecule has 32 heavy (non-hydrogen) atoms. The number of benzene rings is 1. The van der Waals surface area contributed by atoms with E-state index in [1.165, 1.54) is 16.7 Å². The fourth-order valence-electron chi connectivity index (χ4n) is 3.50. The normalized spacial score (nSPS) is 15.1. The standard InChI is InChI=1S/C21H26N8O2S/c1-13(17(23)30)29(18-16(12-22)19(32-3)26-21(24)25-18)15-6-4-5-14(11-15)20(31)28-9-7-27(2)8-10-28/h4-6,11,13H,7-10H2,1-3H3,(H2,23,30)(H2,24,25,26)/t13-/m0/s1. The highest BCUT2D eigenvalue weighted by Gasteiger charge is 2.28. The Labute approximate surface area is 191 Å². The minimum atomic E-state index is -0.861. The van der Waals surface area contributed by atoms with Crippen molar-refractivity contribution in [1.82, 2.24) is 19.8 Å². The number of carbonyl (C=O) groups excluding carboxylic acids is 2. The minimum absolute atomic E-state index is 0.0327. The van der Waals surface area contributed by atoms with Crippen LogP contribution in [0.1, 0.15) is 22.8 Å². The second kappa shape index (κ2) is 9.84. The average molecular weight is 455 g/mol. The number of primary amides is 1. The lowest BCUT2D eigenvalue weighted by Gasteiger charge is -2.33.